The summed E-state index contributed by atoms with van der Waals surface area (Å²) in [5.74, 6) is -1.31. The number of rotatable bonds is 3. The van der Waals surface area contributed by atoms with Crippen LogP contribution in [0.5, 0.6) is 0 Å². The zero-order chi connectivity index (χ0) is 18.8. The third kappa shape index (κ3) is 3.78. The molecule has 0 fully saturated rings. The fourth-order valence-electron chi connectivity index (χ4n) is 3.13. The Bertz CT molecular complexity index is 964. The predicted molar refractivity (Wildman–Crippen MR) is 106 cm³/mol. The highest BCUT2D eigenvalue weighted by molar-refractivity contribution is 9.10. The lowest BCUT2D eigenvalue weighted by atomic mass is 9.99. The molecular formula is C22H16BrF2NO. The van der Waals surface area contributed by atoms with E-state index in [1.54, 1.807) is 0 Å². The van der Waals surface area contributed by atoms with Crippen molar-refractivity contribution >= 4 is 21.8 Å². The Morgan fingerprint density at radius 2 is 1.44 bits per heavy atom. The van der Waals surface area contributed by atoms with Gasteiger partial charge in [-0.05, 0) is 41.0 Å². The molecule has 1 aliphatic heterocycles. The minimum atomic E-state index is -0.667. The maximum Gasteiger partial charge on any atom is 0.222 e. The van der Waals surface area contributed by atoms with Crippen molar-refractivity contribution in [1.82, 2.24) is 0 Å². The molecule has 4 rings (SSSR count). The molecule has 3 aromatic rings. The first-order valence-electron chi connectivity index (χ1n) is 8.63. The largest absolute Gasteiger partial charge is 0.477 e. The smallest absolute Gasteiger partial charge is 0.222 e. The summed E-state index contributed by atoms with van der Waals surface area (Å²) < 4.78 is 34.5. The fourth-order valence-corrected chi connectivity index (χ4v) is 3.40. The molecule has 0 bridgehead atoms. The minimum Gasteiger partial charge on any atom is -0.477 e. The molecule has 136 valence electrons. The molecule has 27 heavy (non-hydrogen) atoms. The lowest BCUT2D eigenvalue weighted by molar-refractivity contribution is 0.260. The number of hydrogen-bond acceptors (Lipinski definition) is 2. The van der Waals surface area contributed by atoms with Crippen LogP contribution in [0, 0.1) is 11.6 Å². The Balaban J connectivity index is 1.62. The summed E-state index contributed by atoms with van der Waals surface area (Å²) in [6.07, 6.45) is 0.664. The van der Waals surface area contributed by atoms with Gasteiger partial charge in [-0.1, -0.05) is 58.4 Å². The van der Waals surface area contributed by atoms with Gasteiger partial charge in [-0.15, -0.1) is 0 Å². The van der Waals surface area contributed by atoms with Gasteiger partial charge in [0.05, 0.1) is 12.6 Å². The van der Waals surface area contributed by atoms with Crippen molar-refractivity contribution in [3.8, 4) is 11.1 Å². The Labute approximate surface area is 164 Å². The average molecular weight is 428 g/mol. The van der Waals surface area contributed by atoms with Gasteiger partial charge in [0.25, 0.3) is 0 Å². The van der Waals surface area contributed by atoms with Gasteiger partial charge in [0.15, 0.2) is 0 Å². The maximum absolute atomic E-state index is 14.0. The summed E-state index contributed by atoms with van der Waals surface area (Å²) in [6, 6.07) is 19.7. The van der Waals surface area contributed by atoms with Crippen molar-refractivity contribution in [1.29, 1.82) is 0 Å². The third-order valence-electron chi connectivity index (χ3n) is 4.55. The van der Waals surface area contributed by atoms with E-state index in [2.05, 4.69) is 20.9 Å². The summed E-state index contributed by atoms with van der Waals surface area (Å²) in [6.45, 7) is 0.367. The molecule has 0 N–H and O–H groups in total. The molecule has 0 aliphatic carbocycles. The van der Waals surface area contributed by atoms with Gasteiger partial charge in [-0.25, -0.2) is 13.8 Å². The first kappa shape index (κ1) is 17.9. The Hall–Kier alpha value is -2.53. The number of aliphatic imine (C=N–C) groups is 1. The average Bonchev–Trinajstić information content (AvgIpc) is 2.69. The van der Waals surface area contributed by atoms with Crippen molar-refractivity contribution in [2.45, 2.75) is 12.5 Å². The number of benzene rings is 3. The summed E-state index contributed by atoms with van der Waals surface area (Å²) in [4.78, 5) is 4.47. The first-order valence-corrected chi connectivity index (χ1v) is 9.42. The lowest BCUT2D eigenvalue weighted by Gasteiger charge is -2.22. The van der Waals surface area contributed by atoms with Crippen LogP contribution in [0.3, 0.4) is 0 Å². The van der Waals surface area contributed by atoms with Crippen molar-refractivity contribution < 1.29 is 13.5 Å². The number of halogens is 3. The predicted octanol–water partition coefficient (Wildman–Crippen LogP) is 6.30. The van der Waals surface area contributed by atoms with Crippen LogP contribution in [0.25, 0.3) is 11.1 Å². The van der Waals surface area contributed by atoms with E-state index >= 15 is 0 Å². The van der Waals surface area contributed by atoms with E-state index < -0.39 is 11.6 Å². The quantitative estimate of drug-likeness (QED) is 0.480. The second-order valence-electron chi connectivity index (χ2n) is 6.31. The molecule has 3 aromatic carbocycles. The highest BCUT2D eigenvalue weighted by Crippen LogP contribution is 2.30. The van der Waals surface area contributed by atoms with E-state index in [0.717, 1.165) is 21.2 Å². The molecule has 2 nitrogen and oxygen atoms in total. The Morgan fingerprint density at radius 1 is 0.852 bits per heavy atom. The molecule has 0 radical (unpaired) electrons. The molecular weight excluding hydrogens is 412 g/mol. The highest BCUT2D eigenvalue weighted by Gasteiger charge is 2.23. The van der Waals surface area contributed by atoms with Gasteiger partial charge in [-0.2, -0.15) is 0 Å². The summed E-state index contributed by atoms with van der Waals surface area (Å²) in [5, 5.41) is 0. The van der Waals surface area contributed by atoms with Crippen LogP contribution in [0.1, 0.15) is 23.6 Å². The van der Waals surface area contributed by atoms with Gasteiger partial charge in [0, 0.05) is 10.9 Å². The van der Waals surface area contributed by atoms with Crippen LogP contribution < -0.4 is 0 Å². The molecule has 1 unspecified atom stereocenters. The molecule has 0 spiro atoms. The second kappa shape index (κ2) is 7.61. The van der Waals surface area contributed by atoms with E-state index in [1.807, 2.05) is 48.5 Å². The molecule has 1 aliphatic rings. The zero-order valence-corrected chi connectivity index (χ0v) is 15.9. The van der Waals surface area contributed by atoms with Crippen molar-refractivity contribution in [3.05, 3.63) is 94.0 Å². The standard InChI is InChI=1S/C22H16BrF2NO/c23-17-10-8-15(9-11-17)14-4-6-16(7-5-14)20-12-13-27-22(26-20)21-18(24)2-1-3-19(21)25/h1-11,20H,12-13H2. The molecule has 0 amide bonds. The molecule has 5 heteroatoms. The molecule has 0 saturated carbocycles. The summed E-state index contributed by atoms with van der Waals surface area (Å²) >= 11 is 3.44. The van der Waals surface area contributed by atoms with Gasteiger partial charge >= 0.3 is 0 Å². The van der Waals surface area contributed by atoms with Crippen molar-refractivity contribution in [2.24, 2.45) is 4.99 Å². The van der Waals surface area contributed by atoms with E-state index in [-0.39, 0.29) is 17.5 Å². The number of ether oxygens (including phenoxy) is 1. The molecule has 0 aromatic heterocycles. The first-order chi connectivity index (χ1) is 13.1. The molecule has 1 atom stereocenters. The van der Waals surface area contributed by atoms with Crippen molar-refractivity contribution in [2.75, 3.05) is 6.61 Å². The molecule has 0 saturated heterocycles. The highest BCUT2D eigenvalue weighted by atomic mass is 79.9. The monoisotopic (exact) mass is 427 g/mol. The summed E-state index contributed by atoms with van der Waals surface area (Å²) in [5.41, 5.74) is 3.01. The van der Waals surface area contributed by atoms with Crippen LogP contribution in [0.15, 0.2) is 76.2 Å². The third-order valence-corrected chi connectivity index (χ3v) is 5.08. The maximum atomic E-state index is 14.0. The van der Waals surface area contributed by atoms with Crippen LogP contribution in [0.4, 0.5) is 8.78 Å². The van der Waals surface area contributed by atoms with Crippen LogP contribution >= 0.6 is 15.9 Å². The van der Waals surface area contributed by atoms with Crippen LogP contribution in [0.2, 0.25) is 0 Å². The van der Waals surface area contributed by atoms with Gasteiger partial charge < -0.3 is 4.74 Å². The van der Waals surface area contributed by atoms with Crippen LogP contribution in [-0.4, -0.2) is 12.5 Å². The fraction of sp³-hybridized carbons (Fsp3) is 0.136. The van der Waals surface area contributed by atoms with E-state index in [4.69, 9.17) is 4.74 Å². The van der Waals surface area contributed by atoms with Crippen molar-refractivity contribution in [3.63, 3.8) is 0 Å². The zero-order valence-electron chi connectivity index (χ0n) is 14.3. The summed E-state index contributed by atoms with van der Waals surface area (Å²) in [7, 11) is 0. The number of nitrogens with zero attached hydrogens (tertiary/aromatic N) is 1. The van der Waals surface area contributed by atoms with E-state index in [9.17, 15) is 8.78 Å². The van der Waals surface area contributed by atoms with Gasteiger partial charge in [0.1, 0.15) is 17.2 Å². The van der Waals surface area contributed by atoms with E-state index in [0.29, 0.717) is 13.0 Å². The second-order valence-corrected chi connectivity index (χ2v) is 7.23. The number of hydrogen-bond donors (Lipinski definition) is 0. The lowest BCUT2D eigenvalue weighted by Crippen LogP contribution is -2.20. The minimum absolute atomic E-state index is 0.0267. The molecule has 1 heterocycles. The van der Waals surface area contributed by atoms with Gasteiger partial charge in [0.2, 0.25) is 5.90 Å². The van der Waals surface area contributed by atoms with E-state index in [1.165, 1.54) is 18.2 Å². The van der Waals surface area contributed by atoms with Gasteiger partial charge in [-0.3, -0.25) is 0 Å². The topological polar surface area (TPSA) is 21.6 Å². The normalized spacial score (nSPS) is 16.6. The SMILES string of the molecule is Fc1cccc(F)c1C1=NC(c2ccc(-c3ccc(Br)cc3)cc2)CCO1. The Morgan fingerprint density at radius 3 is 2.07 bits per heavy atom. The van der Waals surface area contributed by atoms with Crippen LogP contribution in [-0.2, 0) is 4.74 Å². The Kier molecular flexibility index (Phi) is 5.03.